The molecule has 5 atom stereocenters. The van der Waals surface area contributed by atoms with Crippen molar-refractivity contribution in [3.63, 3.8) is 0 Å². The fourth-order valence-electron chi connectivity index (χ4n) is 3.44. The van der Waals surface area contributed by atoms with Gasteiger partial charge in [0.05, 0.1) is 6.61 Å². The molecule has 0 aliphatic carbocycles. The summed E-state index contributed by atoms with van der Waals surface area (Å²) in [5.74, 6) is -2.62. The highest BCUT2D eigenvalue weighted by Gasteiger charge is 2.52. The average Bonchev–Trinajstić information content (AvgIpc) is 2.73. The molecule has 182 valence electrons. The number of aryl methyl sites for hydroxylation is 1. The summed E-state index contributed by atoms with van der Waals surface area (Å²) in [5.41, 5.74) is 1.13. The molecule has 10 nitrogen and oxygen atoms in total. The Morgan fingerprint density at radius 1 is 0.788 bits per heavy atom. The topological polar surface area (TPSA) is 124 Å². The summed E-state index contributed by atoms with van der Waals surface area (Å²) >= 11 is 0. The first kappa shape index (κ1) is 26.3. The molecule has 10 heteroatoms. The lowest BCUT2D eigenvalue weighted by atomic mass is 9.98. The van der Waals surface area contributed by atoms with E-state index in [0.717, 1.165) is 12.0 Å². The van der Waals surface area contributed by atoms with Crippen molar-refractivity contribution >= 4 is 23.9 Å². The Morgan fingerprint density at radius 3 is 1.94 bits per heavy atom. The van der Waals surface area contributed by atoms with Gasteiger partial charge in [-0.3, -0.25) is 19.2 Å². The summed E-state index contributed by atoms with van der Waals surface area (Å²) in [6.07, 6.45) is -4.43. The zero-order chi connectivity index (χ0) is 24.4. The number of rotatable bonds is 10. The fraction of sp³-hybridized carbons (Fsp3) is 0.565. The molecule has 0 N–H and O–H groups in total. The molecule has 1 aromatic rings. The quantitative estimate of drug-likeness (QED) is 0.286. The van der Waals surface area contributed by atoms with Gasteiger partial charge < -0.3 is 28.4 Å². The first-order chi connectivity index (χ1) is 15.7. The molecule has 0 aromatic heterocycles. The van der Waals surface area contributed by atoms with Crippen LogP contribution in [0, 0.1) is 0 Å². The number of esters is 4. The van der Waals surface area contributed by atoms with E-state index in [1.165, 1.54) is 27.7 Å². The molecule has 1 fully saturated rings. The van der Waals surface area contributed by atoms with Crippen molar-refractivity contribution in [1.82, 2.24) is 0 Å². The van der Waals surface area contributed by atoms with Crippen molar-refractivity contribution in [3.8, 4) is 0 Å². The minimum absolute atomic E-state index is 0.239. The third-order valence-corrected chi connectivity index (χ3v) is 4.68. The third kappa shape index (κ3) is 8.82. The van der Waals surface area contributed by atoms with Crippen molar-refractivity contribution in [3.05, 3.63) is 35.9 Å². The van der Waals surface area contributed by atoms with E-state index in [0.29, 0.717) is 6.42 Å². The molecule has 1 saturated heterocycles. The van der Waals surface area contributed by atoms with E-state index in [1.54, 1.807) is 0 Å². The molecule has 33 heavy (non-hydrogen) atoms. The SMILES string of the molecule is CC(=O)OC[C@H]1O[C@@H](OCCCc2ccccc2)[C@H](OC(C)=O)[C@@H](OC(C)=O)[C@@H]1OC(C)=O. The molecule has 2 rings (SSSR count). The highest BCUT2D eigenvalue weighted by atomic mass is 16.7. The predicted octanol–water partition coefficient (Wildman–Crippen LogP) is 1.72. The van der Waals surface area contributed by atoms with E-state index in [1.807, 2.05) is 30.3 Å². The Labute approximate surface area is 192 Å². The van der Waals surface area contributed by atoms with Crippen LogP contribution in [-0.2, 0) is 54.0 Å². The second kappa shape index (κ2) is 12.9. The van der Waals surface area contributed by atoms with Crippen LogP contribution < -0.4 is 0 Å². The summed E-state index contributed by atoms with van der Waals surface area (Å²) < 4.78 is 32.8. The zero-order valence-electron chi connectivity index (χ0n) is 19.2. The number of benzene rings is 1. The largest absolute Gasteiger partial charge is 0.463 e. The summed E-state index contributed by atoms with van der Waals surface area (Å²) in [6, 6.07) is 9.80. The van der Waals surface area contributed by atoms with E-state index in [2.05, 4.69) is 0 Å². The first-order valence-electron chi connectivity index (χ1n) is 10.6. The van der Waals surface area contributed by atoms with Gasteiger partial charge >= 0.3 is 23.9 Å². The number of hydrogen-bond acceptors (Lipinski definition) is 10. The van der Waals surface area contributed by atoms with Crippen molar-refractivity contribution in [2.45, 2.75) is 71.2 Å². The highest BCUT2D eigenvalue weighted by Crippen LogP contribution is 2.30. The minimum atomic E-state index is -1.23. The van der Waals surface area contributed by atoms with Crippen LogP contribution in [0.5, 0.6) is 0 Å². The van der Waals surface area contributed by atoms with Crippen LogP contribution in [0.2, 0.25) is 0 Å². The van der Waals surface area contributed by atoms with Gasteiger partial charge in [-0.25, -0.2) is 0 Å². The van der Waals surface area contributed by atoms with Crippen LogP contribution in [0.25, 0.3) is 0 Å². The first-order valence-corrected chi connectivity index (χ1v) is 10.6. The number of carbonyl (C=O) groups excluding carboxylic acids is 4. The van der Waals surface area contributed by atoms with Gasteiger partial charge in [0.25, 0.3) is 0 Å². The number of ether oxygens (including phenoxy) is 6. The maximum absolute atomic E-state index is 11.8. The molecule has 1 heterocycles. The molecule has 1 aliphatic rings. The molecule has 0 unspecified atom stereocenters. The third-order valence-electron chi connectivity index (χ3n) is 4.68. The lowest BCUT2D eigenvalue weighted by Gasteiger charge is -2.44. The normalized spacial score (nSPS) is 24.4. The van der Waals surface area contributed by atoms with Gasteiger partial charge in [-0.1, -0.05) is 30.3 Å². The fourth-order valence-corrected chi connectivity index (χ4v) is 3.44. The summed E-state index contributed by atoms with van der Waals surface area (Å²) in [4.78, 5) is 46.6. The summed E-state index contributed by atoms with van der Waals surface area (Å²) in [5, 5.41) is 0. The minimum Gasteiger partial charge on any atom is -0.463 e. The van der Waals surface area contributed by atoms with Crippen LogP contribution in [0.1, 0.15) is 39.7 Å². The summed E-state index contributed by atoms with van der Waals surface area (Å²) in [6.45, 7) is 4.68. The maximum atomic E-state index is 11.8. The van der Waals surface area contributed by atoms with Gasteiger partial charge in [0.1, 0.15) is 12.7 Å². The number of hydrogen-bond donors (Lipinski definition) is 0. The number of carbonyl (C=O) groups is 4. The predicted molar refractivity (Wildman–Crippen MR) is 113 cm³/mol. The van der Waals surface area contributed by atoms with E-state index in [-0.39, 0.29) is 13.2 Å². The van der Waals surface area contributed by atoms with E-state index in [4.69, 9.17) is 28.4 Å². The lowest BCUT2D eigenvalue weighted by Crippen LogP contribution is -2.63. The van der Waals surface area contributed by atoms with Crippen molar-refractivity contribution < 1.29 is 47.6 Å². The molecule has 0 amide bonds. The monoisotopic (exact) mass is 466 g/mol. The maximum Gasteiger partial charge on any atom is 0.303 e. The molecule has 1 aromatic carbocycles. The van der Waals surface area contributed by atoms with Crippen molar-refractivity contribution in [2.75, 3.05) is 13.2 Å². The van der Waals surface area contributed by atoms with E-state index in [9.17, 15) is 19.2 Å². The highest BCUT2D eigenvalue weighted by molar-refractivity contribution is 5.68. The second-order valence-corrected chi connectivity index (χ2v) is 7.53. The molecule has 0 spiro atoms. The van der Waals surface area contributed by atoms with E-state index < -0.39 is 54.6 Å². The molecule has 1 aliphatic heterocycles. The van der Waals surface area contributed by atoms with Gasteiger partial charge in [0, 0.05) is 27.7 Å². The van der Waals surface area contributed by atoms with Gasteiger partial charge in [0.2, 0.25) is 0 Å². The molecule has 0 saturated carbocycles. The molecule has 0 bridgehead atoms. The van der Waals surface area contributed by atoms with Crippen LogP contribution in [0.15, 0.2) is 30.3 Å². The Hall–Kier alpha value is -2.98. The van der Waals surface area contributed by atoms with Gasteiger partial charge in [-0.2, -0.15) is 0 Å². The molecular formula is C23H30O10. The zero-order valence-corrected chi connectivity index (χ0v) is 19.2. The lowest BCUT2D eigenvalue weighted by molar-refractivity contribution is -0.308. The summed E-state index contributed by atoms with van der Waals surface area (Å²) in [7, 11) is 0. The van der Waals surface area contributed by atoms with Gasteiger partial charge in [-0.05, 0) is 18.4 Å². The molecular weight excluding hydrogens is 436 g/mol. The Morgan fingerprint density at radius 2 is 1.36 bits per heavy atom. The van der Waals surface area contributed by atoms with Crippen LogP contribution in [0.3, 0.4) is 0 Å². The van der Waals surface area contributed by atoms with Crippen molar-refractivity contribution in [2.24, 2.45) is 0 Å². The van der Waals surface area contributed by atoms with E-state index >= 15 is 0 Å². The van der Waals surface area contributed by atoms with Crippen LogP contribution in [-0.4, -0.2) is 67.8 Å². The van der Waals surface area contributed by atoms with Gasteiger partial charge in [0.15, 0.2) is 24.6 Å². The van der Waals surface area contributed by atoms with Crippen LogP contribution in [0.4, 0.5) is 0 Å². The Balaban J connectivity index is 2.21. The van der Waals surface area contributed by atoms with Crippen molar-refractivity contribution in [1.29, 1.82) is 0 Å². The average molecular weight is 466 g/mol. The second-order valence-electron chi connectivity index (χ2n) is 7.53. The Kier molecular flexibility index (Phi) is 10.3. The van der Waals surface area contributed by atoms with Crippen LogP contribution >= 0.6 is 0 Å². The van der Waals surface area contributed by atoms with Gasteiger partial charge in [-0.15, -0.1) is 0 Å². The molecule has 0 radical (unpaired) electrons. The smallest absolute Gasteiger partial charge is 0.303 e. The standard InChI is InChI=1S/C23H30O10/c1-14(24)29-13-19-20(30-15(2)25)21(31-16(3)26)22(32-17(4)27)23(33-19)28-12-8-11-18-9-6-5-7-10-18/h5-7,9-10,19-23H,8,11-13H2,1-4H3/t19-,20-,21+,22-,23-/m1/s1. The Bertz CT molecular complexity index is 809.